The number of carbonyl (C=O) groups is 1. The molecule has 28 heavy (non-hydrogen) atoms. The normalized spacial score (nSPS) is 15.0. The van der Waals surface area contributed by atoms with Gasteiger partial charge in [0.1, 0.15) is 0 Å². The van der Waals surface area contributed by atoms with Gasteiger partial charge in [-0.1, -0.05) is 16.8 Å². The van der Waals surface area contributed by atoms with E-state index in [2.05, 4.69) is 15.0 Å². The van der Waals surface area contributed by atoms with E-state index >= 15 is 0 Å². The van der Waals surface area contributed by atoms with E-state index in [-0.39, 0.29) is 5.91 Å². The van der Waals surface area contributed by atoms with Gasteiger partial charge in [0, 0.05) is 48.9 Å². The highest BCUT2D eigenvalue weighted by molar-refractivity contribution is 6.30. The highest BCUT2D eigenvalue weighted by Crippen LogP contribution is 2.19. The maximum atomic E-state index is 12.5. The minimum Gasteiger partial charge on any atom is -0.619 e. The molecular formula is C19H18ClN5O3. The number of halogens is 1. The molecule has 9 heteroatoms. The average molecular weight is 400 g/mol. The Bertz CT molecular complexity index is 950. The summed E-state index contributed by atoms with van der Waals surface area (Å²) in [6.45, 7) is 3.15. The van der Waals surface area contributed by atoms with Crippen LogP contribution in [0.3, 0.4) is 0 Å². The number of nitrogens with zero attached hydrogens (tertiary/aromatic N) is 5. The molecule has 1 aromatic carbocycles. The van der Waals surface area contributed by atoms with E-state index in [1.165, 1.54) is 12.4 Å². The summed E-state index contributed by atoms with van der Waals surface area (Å²) in [5, 5.41) is 15.8. The van der Waals surface area contributed by atoms with Gasteiger partial charge in [-0.3, -0.25) is 9.69 Å². The molecule has 4 rings (SSSR count). The molecule has 1 fully saturated rings. The molecule has 0 spiro atoms. The monoisotopic (exact) mass is 399 g/mol. The van der Waals surface area contributed by atoms with E-state index in [9.17, 15) is 10.0 Å². The smallest absolute Gasteiger partial charge is 0.254 e. The lowest BCUT2D eigenvalue weighted by Crippen LogP contribution is -2.48. The first kappa shape index (κ1) is 18.4. The van der Waals surface area contributed by atoms with E-state index in [4.69, 9.17) is 16.1 Å². The van der Waals surface area contributed by atoms with Gasteiger partial charge < -0.3 is 14.6 Å². The zero-order chi connectivity index (χ0) is 19.5. The summed E-state index contributed by atoms with van der Waals surface area (Å²) in [7, 11) is 0. The molecule has 0 saturated carbocycles. The second kappa shape index (κ2) is 7.95. The second-order valence-electron chi connectivity index (χ2n) is 6.53. The van der Waals surface area contributed by atoms with Crippen LogP contribution < -0.4 is 4.73 Å². The van der Waals surface area contributed by atoms with Crippen molar-refractivity contribution < 1.29 is 14.0 Å². The van der Waals surface area contributed by atoms with Crippen molar-refractivity contribution >= 4 is 17.5 Å². The number of rotatable bonds is 4. The largest absolute Gasteiger partial charge is 0.619 e. The van der Waals surface area contributed by atoms with Crippen molar-refractivity contribution in [1.29, 1.82) is 0 Å². The topological polar surface area (TPSA) is 89.4 Å². The Morgan fingerprint density at radius 1 is 1.11 bits per heavy atom. The molecule has 2 aromatic heterocycles. The van der Waals surface area contributed by atoms with E-state index < -0.39 is 0 Å². The predicted molar refractivity (Wildman–Crippen MR) is 101 cm³/mol. The minimum absolute atomic E-state index is 0.0666. The molecule has 144 valence electrons. The first-order valence-electron chi connectivity index (χ1n) is 8.87. The zero-order valence-corrected chi connectivity index (χ0v) is 15.7. The Morgan fingerprint density at radius 2 is 1.79 bits per heavy atom. The van der Waals surface area contributed by atoms with Crippen molar-refractivity contribution in [3.63, 3.8) is 0 Å². The van der Waals surface area contributed by atoms with Gasteiger partial charge in [0.05, 0.1) is 12.1 Å². The van der Waals surface area contributed by atoms with Crippen molar-refractivity contribution in [2.24, 2.45) is 0 Å². The molecule has 0 N–H and O–H groups in total. The van der Waals surface area contributed by atoms with Crippen LogP contribution in [0, 0.1) is 5.21 Å². The SMILES string of the molecule is O=C(c1cc[n+]([O-])cc1)N1CCN(Cc2nc(-c3ccc(Cl)cc3)no2)CC1. The molecule has 3 heterocycles. The fraction of sp³-hybridized carbons (Fsp3) is 0.263. The number of piperazine rings is 1. The summed E-state index contributed by atoms with van der Waals surface area (Å²) in [5.74, 6) is 0.996. The van der Waals surface area contributed by atoms with E-state index in [0.29, 0.717) is 59.8 Å². The maximum Gasteiger partial charge on any atom is 0.254 e. The molecule has 0 unspecified atom stereocenters. The fourth-order valence-electron chi connectivity index (χ4n) is 3.07. The summed E-state index contributed by atoms with van der Waals surface area (Å²) in [5.41, 5.74) is 1.36. The number of aromatic nitrogens is 3. The third-order valence-corrected chi connectivity index (χ3v) is 4.89. The molecular weight excluding hydrogens is 382 g/mol. The average Bonchev–Trinajstić information content (AvgIpc) is 3.18. The van der Waals surface area contributed by atoms with Gasteiger partial charge in [0.2, 0.25) is 11.7 Å². The lowest BCUT2D eigenvalue weighted by atomic mass is 10.2. The number of carbonyl (C=O) groups excluding carboxylic acids is 1. The first-order chi connectivity index (χ1) is 13.6. The third kappa shape index (κ3) is 4.13. The van der Waals surface area contributed by atoms with Crippen LogP contribution in [0.2, 0.25) is 5.02 Å². The van der Waals surface area contributed by atoms with Crippen LogP contribution in [0.4, 0.5) is 0 Å². The quantitative estimate of drug-likeness (QED) is 0.492. The summed E-state index contributed by atoms with van der Waals surface area (Å²) in [4.78, 5) is 20.9. The molecule has 1 aliphatic heterocycles. The van der Waals surface area contributed by atoms with Crippen LogP contribution in [0.1, 0.15) is 16.2 Å². The predicted octanol–water partition coefficient (Wildman–Crippen LogP) is 1.98. The molecule has 0 atom stereocenters. The van der Waals surface area contributed by atoms with Crippen LogP contribution in [0.15, 0.2) is 53.3 Å². The summed E-state index contributed by atoms with van der Waals surface area (Å²) in [6, 6.07) is 10.3. The molecule has 1 amide bonds. The van der Waals surface area contributed by atoms with Crippen molar-refractivity contribution in [3.05, 3.63) is 70.5 Å². The van der Waals surface area contributed by atoms with E-state index in [1.54, 1.807) is 29.2 Å². The van der Waals surface area contributed by atoms with Gasteiger partial charge in [-0.15, -0.1) is 0 Å². The van der Waals surface area contributed by atoms with E-state index in [1.807, 2.05) is 12.1 Å². The van der Waals surface area contributed by atoms with Gasteiger partial charge in [0.15, 0.2) is 12.4 Å². The van der Waals surface area contributed by atoms with Gasteiger partial charge in [0.25, 0.3) is 5.91 Å². The Morgan fingerprint density at radius 3 is 2.46 bits per heavy atom. The Kier molecular flexibility index (Phi) is 5.23. The lowest BCUT2D eigenvalue weighted by molar-refractivity contribution is -0.605. The molecule has 3 aromatic rings. The number of hydrogen-bond donors (Lipinski definition) is 0. The fourth-order valence-corrected chi connectivity index (χ4v) is 3.20. The zero-order valence-electron chi connectivity index (χ0n) is 15.0. The van der Waals surface area contributed by atoms with Crippen LogP contribution in [-0.2, 0) is 6.54 Å². The highest BCUT2D eigenvalue weighted by Gasteiger charge is 2.23. The standard InChI is InChI=1S/C19H18ClN5O3/c20-16-3-1-14(2-4-16)18-21-17(28-22-18)13-23-9-11-24(12-10-23)19(26)15-5-7-25(27)8-6-15/h1-8H,9-13H2. The molecule has 8 nitrogen and oxygen atoms in total. The molecule has 0 bridgehead atoms. The Hall–Kier alpha value is -2.97. The summed E-state index contributed by atoms with van der Waals surface area (Å²) >= 11 is 5.90. The molecule has 0 aliphatic carbocycles. The number of amides is 1. The number of hydrogen-bond acceptors (Lipinski definition) is 6. The van der Waals surface area contributed by atoms with Gasteiger partial charge in [-0.05, 0) is 24.3 Å². The van der Waals surface area contributed by atoms with E-state index in [0.717, 1.165) is 5.56 Å². The second-order valence-corrected chi connectivity index (χ2v) is 6.97. The van der Waals surface area contributed by atoms with Gasteiger partial charge in [-0.2, -0.15) is 9.71 Å². The summed E-state index contributed by atoms with van der Waals surface area (Å²) < 4.78 is 6.02. The minimum atomic E-state index is -0.0666. The Labute approximate surface area is 166 Å². The van der Waals surface area contributed by atoms with Gasteiger partial charge >= 0.3 is 0 Å². The number of benzene rings is 1. The Balaban J connectivity index is 1.33. The highest BCUT2D eigenvalue weighted by atomic mass is 35.5. The number of pyridine rings is 1. The maximum absolute atomic E-state index is 12.5. The molecule has 1 aliphatic rings. The molecule has 1 saturated heterocycles. The summed E-state index contributed by atoms with van der Waals surface area (Å²) in [6.07, 6.45) is 2.66. The van der Waals surface area contributed by atoms with Gasteiger partial charge in [-0.25, -0.2) is 0 Å². The van der Waals surface area contributed by atoms with Crippen LogP contribution in [-0.4, -0.2) is 52.0 Å². The van der Waals surface area contributed by atoms with Crippen molar-refractivity contribution in [3.8, 4) is 11.4 Å². The van der Waals surface area contributed by atoms with Crippen LogP contribution in [0.5, 0.6) is 0 Å². The first-order valence-corrected chi connectivity index (χ1v) is 9.25. The van der Waals surface area contributed by atoms with Crippen molar-refractivity contribution in [1.82, 2.24) is 19.9 Å². The van der Waals surface area contributed by atoms with Crippen LogP contribution in [0.25, 0.3) is 11.4 Å². The third-order valence-electron chi connectivity index (χ3n) is 4.64. The molecule has 0 radical (unpaired) electrons. The van der Waals surface area contributed by atoms with Crippen LogP contribution >= 0.6 is 11.6 Å². The lowest BCUT2D eigenvalue weighted by Gasteiger charge is -2.33. The van der Waals surface area contributed by atoms with Crippen molar-refractivity contribution in [2.75, 3.05) is 26.2 Å². The van der Waals surface area contributed by atoms with Crippen molar-refractivity contribution in [2.45, 2.75) is 6.54 Å².